The lowest BCUT2D eigenvalue weighted by Crippen LogP contribution is -2.40. The molecule has 1 aromatic heterocycles. The third-order valence-electron chi connectivity index (χ3n) is 3.80. The second-order valence-electron chi connectivity index (χ2n) is 5.78. The summed E-state index contributed by atoms with van der Waals surface area (Å²) in [5.41, 5.74) is 4.28. The first kappa shape index (κ1) is 19.1. The number of hydrogen-bond donors (Lipinski definition) is 2. The monoisotopic (exact) mass is 393 g/mol. The molecule has 0 radical (unpaired) electrons. The van der Waals surface area contributed by atoms with E-state index in [2.05, 4.69) is 20.0 Å². The molecule has 3 rings (SSSR count). The molecule has 0 bridgehead atoms. The predicted octanol–water partition coefficient (Wildman–Crippen LogP) is 2.51. The summed E-state index contributed by atoms with van der Waals surface area (Å²) in [6, 6.07) is 3.15. The third kappa shape index (κ3) is 3.71. The number of nitrogens with one attached hydrogen (secondary N) is 1. The number of nitrogens with two attached hydrogens (primary N) is 1. The number of halogens is 4. The highest BCUT2D eigenvalue weighted by Crippen LogP contribution is 2.40. The van der Waals surface area contributed by atoms with Crippen molar-refractivity contribution < 1.29 is 27.1 Å². The van der Waals surface area contributed by atoms with Gasteiger partial charge >= 0.3 is 5.92 Å². The average molecular weight is 393 g/mol. The van der Waals surface area contributed by atoms with Crippen molar-refractivity contribution in [1.82, 2.24) is 4.98 Å². The Hall–Kier alpha value is -3.68. The molecule has 1 atom stereocenters. The molecular weight excluding hydrogens is 382 g/mol. The highest BCUT2D eigenvalue weighted by Gasteiger charge is 2.46. The van der Waals surface area contributed by atoms with Crippen LogP contribution in [0.2, 0.25) is 0 Å². The van der Waals surface area contributed by atoms with E-state index in [0.717, 1.165) is 12.3 Å². The van der Waals surface area contributed by atoms with Crippen molar-refractivity contribution in [3.63, 3.8) is 0 Å². The Morgan fingerprint density at radius 3 is 2.75 bits per heavy atom. The zero-order chi connectivity index (χ0) is 20.5. The van der Waals surface area contributed by atoms with Crippen LogP contribution in [-0.2, 0) is 4.74 Å². The molecular formula is C17H11F4N5O2. The van der Waals surface area contributed by atoms with Crippen molar-refractivity contribution in [2.24, 2.45) is 10.7 Å². The minimum atomic E-state index is -3.65. The third-order valence-corrected chi connectivity index (χ3v) is 3.80. The number of nitrogens with zero attached hydrogens (tertiary/aromatic N) is 3. The number of hydrogen-bond acceptors (Lipinski definition) is 6. The second-order valence-corrected chi connectivity index (χ2v) is 5.78. The van der Waals surface area contributed by atoms with Crippen LogP contribution in [0.5, 0.6) is 0 Å². The molecule has 1 aliphatic heterocycles. The molecule has 28 heavy (non-hydrogen) atoms. The van der Waals surface area contributed by atoms with Crippen LogP contribution in [0.1, 0.15) is 27.7 Å². The minimum absolute atomic E-state index is 0.121. The van der Waals surface area contributed by atoms with Crippen molar-refractivity contribution in [2.45, 2.75) is 12.0 Å². The molecule has 2 aromatic rings. The molecule has 1 amide bonds. The number of anilines is 1. The number of aliphatic imine (C=N–C) groups is 1. The van der Waals surface area contributed by atoms with E-state index in [1.54, 1.807) is 0 Å². The summed E-state index contributed by atoms with van der Waals surface area (Å²) >= 11 is 0. The van der Waals surface area contributed by atoms with Crippen LogP contribution in [0, 0.1) is 23.0 Å². The summed E-state index contributed by atoms with van der Waals surface area (Å²) in [5, 5.41) is 11.0. The summed E-state index contributed by atoms with van der Waals surface area (Å²) < 4.78 is 60.7. The van der Waals surface area contributed by atoms with E-state index >= 15 is 0 Å². The van der Waals surface area contributed by atoms with Gasteiger partial charge in [0.2, 0.25) is 0 Å². The number of pyridine rings is 1. The zero-order valence-corrected chi connectivity index (χ0v) is 13.9. The van der Waals surface area contributed by atoms with Crippen LogP contribution in [0.3, 0.4) is 0 Å². The van der Waals surface area contributed by atoms with Crippen molar-refractivity contribution in [1.29, 1.82) is 5.26 Å². The van der Waals surface area contributed by atoms with Crippen molar-refractivity contribution in [2.75, 3.05) is 11.9 Å². The minimum Gasteiger partial charge on any atom is -0.459 e. The normalized spacial score (nSPS) is 17.8. The van der Waals surface area contributed by atoms with Gasteiger partial charge in [-0.15, -0.1) is 0 Å². The Balaban J connectivity index is 1.94. The number of amides is 1. The first-order chi connectivity index (χ1) is 13.2. The molecule has 11 heteroatoms. The lowest BCUT2D eigenvalue weighted by Gasteiger charge is -2.28. The number of amidine groups is 1. The number of benzene rings is 1. The maximum Gasteiger partial charge on any atom is 0.307 e. The van der Waals surface area contributed by atoms with Crippen LogP contribution in [-0.4, -0.2) is 29.4 Å². The molecule has 2 heterocycles. The van der Waals surface area contributed by atoms with Gasteiger partial charge in [-0.05, 0) is 18.2 Å². The molecule has 3 N–H and O–H groups in total. The maximum atomic E-state index is 14.2. The summed E-state index contributed by atoms with van der Waals surface area (Å²) in [4.78, 5) is 19.3. The zero-order valence-electron chi connectivity index (χ0n) is 13.9. The van der Waals surface area contributed by atoms with Gasteiger partial charge in [0.05, 0.1) is 5.56 Å². The van der Waals surface area contributed by atoms with E-state index in [4.69, 9.17) is 11.0 Å². The number of rotatable bonds is 3. The van der Waals surface area contributed by atoms with Gasteiger partial charge in [-0.25, -0.2) is 27.5 Å². The summed E-state index contributed by atoms with van der Waals surface area (Å²) in [5.74, 6) is -7.47. The Bertz CT molecular complexity index is 1000. The summed E-state index contributed by atoms with van der Waals surface area (Å²) in [7, 11) is 0. The van der Waals surface area contributed by atoms with Crippen molar-refractivity contribution in [3.05, 3.63) is 58.9 Å². The van der Waals surface area contributed by atoms with Crippen LogP contribution in [0.25, 0.3) is 0 Å². The number of carbonyl (C=O) groups excluding carboxylic acids is 1. The van der Waals surface area contributed by atoms with Gasteiger partial charge in [0, 0.05) is 23.5 Å². The Morgan fingerprint density at radius 2 is 2.11 bits per heavy atom. The SMILES string of the molecule is N#Cc1ccc(C(=O)Nc2cc(F)c(F)c(C3N=C(N)OCC3(F)F)c2)nc1. The lowest BCUT2D eigenvalue weighted by atomic mass is 9.99. The van der Waals surface area contributed by atoms with Gasteiger partial charge in [0.25, 0.3) is 11.9 Å². The molecule has 0 spiro atoms. The molecule has 7 nitrogen and oxygen atoms in total. The Labute approximate surface area is 155 Å². The molecule has 0 saturated carbocycles. The first-order valence-corrected chi connectivity index (χ1v) is 7.71. The molecule has 0 aliphatic carbocycles. The fourth-order valence-corrected chi connectivity index (χ4v) is 2.48. The first-order valence-electron chi connectivity index (χ1n) is 7.71. The summed E-state index contributed by atoms with van der Waals surface area (Å²) in [6.45, 7) is -1.15. The van der Waals surface area contributed by atoms with Gasteiger partial charge in [-0.3, -0.25) is 4.79 Å². The van der Waals surface area contributed by atoms with Crippen LogP contribution in [0.15, 0.2) is 35.5 Å². The molecule has 144 valence electrons. The topological polar surface area (TPSA) is 113 Å². The number of nitriles is 1. The largest absolute Gasteiger partial charge is 0.459 e. The molecule has 0 saturated heterocycles. The van der Waals surface area contributed by atoms with Gasteiger partial charge in [-0.2, -0.15) is 5.26 Å². The highest BCUT2D eigenvalue weighted by molar-refractivity contribution is 6.02. The smallest absolute Gasteiger partial charge is 0.307 e. The van der Waals surface area contributed by atoms with E-state index < -0.39 is 47.7 Å². The molecule has 0 fully saturated rings. The fourth-order valence-electron chi connectivity index (χ4n) is 2.48. The van der Waals surface area contributed by atoms with Crippen molar-refractivity contribution in [3.8, 4) is 6.07 Å². The Morgan fingerprint density at radius 1 is 1.36 bits per heavy atom. The number of carbonyl (C=O) groups is 1. The summed E-state index contributed by atoms with van der Waals surface area (Å²) in [6.07, 6.45) is 1.14. The van der Waals surface area contributed by atoms with E-state index in [1.807, 2.05) is 6.07 Å². The Kier molecular flexibility index (Phi) is 4.87. The van der Waals surface area contributed by atoms with Crippen molar-refractivity contribution >= 4 is 17.6 Å². The van der Waals surface area contributed by atoms with Crippen LogP contribution in [0.4, 0.5) is 23.2 Å². The number of alkyl halides is 2. The maximum absolute atomic E-state index is 14.2. The van der Waals surface area contributed by atoms with Crippen LogP contribution >= 0.6 is 0 Å². The molecule has 1 aliphatic rings. The van der Waals surface area contributed by atoms with E-state index in [-0.39, 0.29) is 16.9 Å². The van der Waals surface area contributed by atoms with Gasteiger partial charge < -0.3 is 15.8 Å². The molecule has 1 aromatic carbocycles. The highest BCUT2D eigenvalue weighted by atomic mass is 19.3. The molecule has 1 unspecified atom stereocenters. The van der Waals surface area contributed by atoms with Gasteiger partial charge in [-0.1, -0.05) is 0 Å². The number of aromatic nitrogens is 1. The quantitative estimate of drug-likeness (QED) is 0.778. The number of ether oxygens (including phenoxy) is 1. The van der Waals surface area contributed by atoms with Gasteiger partial charge in [0.15, 0.2) is 24.3 Å². The van der Waals surface area contributed by atoms with E-state index in [9.17, 15) is 22.4 Å². The average Bonchev–Trinajstić information content (AvgIpc) is 2.66. The van der Waals surface area contributed by atoms with E-state index in [0.29, 0.717) is 6.07 Å². The predicted molar refractivity (Wildman–Crippen MR) is 88.5 cm³/mol. The lowest BCUT2D eigenvalue weighted by molar-refractivity contribution is -0.0789. The van der Waals surface area contributed by atoms with Gasteiger partial charge in [0.1, 0.15) is 11.8 Å². The van der Waals surface area contributed by atoms with E-state index in [1.165, 1.54) is 12.1 Å². The second kappa shape index (κ2) is 7.15. The fraction of sp³-hybridized carbons (Fsp3) is 0.176. The van der Waals surface area contributed by atoms with Crippen LogP contribution < -0.4 is 11.1 Å². The standard InChI is InChI=1S/C17H11F4N5O2/c18-11-4-9(25-15(27)12-2-1-8(5-22)6-24-12)3-10(13(11)19)14-17(20,21)7-28-16(23)26-14/h1-4,6,14H,7H2,(H2,23,26)(H,25,27).